The Kier molecular flexibility index (Phi) is 4.86. The molecule has 2 atom stereocenters. The maximum absolute atomic E-state index is 12.5. The van der Waals surface area contributed by atoms with E-state index in [4.69, 9.17) is 0 Å². The standard InChI is InChI=1S/C11H19F2N3/c1-4-8(2)9(3)15-7-10-14-5-6-16(10)11(12)13/h5-6,8-9,11,15H,4,7H2,1-3H3. The van der Waals surface area contributed by atoms with E-state index in [2.05, 4.69) is 31.1 Å². The first-order valence-electron chi connectivity index (χ1n) is 5.59. The zero-order valence-corrected chi connectivity index (χ0v) is 9.95. The molecule has 1 rings (SSSR count). The largest absolute Gasteiger partial charge is 0.319 e. The highest BCUT2D eigenvalue weighted by Crippen LogP contribution is 2.13. The highest BCUT2D eigenvalue weighted by Gasteiger charge is 2.13. The minimum absolute atomic E-state index is 0.299. The van der Waals surface area contributed by atoms with Crippen molar-refractivity contribution in [1.29, 1.82) is 0 Å². The molecule has 0 radical (unpaired) electrons. The molecule has 92 valence electrons. The van der Waals surface area contributed by atoms with E-state index in [1.54, 1.807) is 0 Å². The lowest BCUT2D eigenvalue weighted by Crippen LogP contribution is -2.32. The molecule has 0 aliphatic heterocycles. The summed E-state index contributed by atoms with van der Waals surface area (Å²) in [5.74, 6) is 0.903. The van der Waals surface area contributed by atoms with Gasteiger partial charge in [0.15, 0.2) is 0 Å². The van der Waals surface area contributed by atoms with Gasteiger partial charge in [-0.15, -0.1) is 0 Å². The molecule has 0 amide bonds. The van der Waals surface area contributed by atoms with Crippen LogP contribution in [0.3, 0.4) is 0 Å². The van der Waals surface area contributed by atoms with Crippen LogP contribution in [0.25, 0.3) is 0 Å². The first-order chi connectivity index (χ1) is 7.56. The second-order valence-electron chi connectivity index (χ2n) is 4.08. The van der Waals surface area contributed by atoms with E-state index in [9.17, 15) is 8.78 Å². The average Bonchev–Trinajstić information content (AvgIpc) is 2.72. The molecule has 0 aromatic carbocycles. The van der Waals surface area contributed by atoms with Gasteiger partial charge in [-0.1, -0.05) is 20.3 Å². The van der Waals surface area contributed by atoms with Gasteiger partial charge < -0.3 is 5.32 Å². The van der Waals surface area contributed by atoms with E-state index >= 15 is 0 Å². The van der Waals surface area contributed by atoms with E-state index in [1.165, 1.54) is 12.4 Å². The van der Waals surface area contributed by atoms with Crippen LogP contribution >= 0.6 is 0 Å². The number of alkyl halides is 2. The van der Waals surface area contributed by atoms with Crippen LogP contribution in [-0.2, 0) is 6.54 Å². The Balaban J connectivity index is 2.51. The van der Waals surface area contributed by atoms with E-state index in [0.717, 1.165) is 11.0 Å². The van der Waals surface area contributed by atoms with Crippen LogP contribution in [-0.4, -0.2) is 15.6 Å². The second kappa shape index (κ2) is 5.94. The molecular weight excluding hydrogens is 212 g/mol. The number of aromatic nitrogens is 2. The summed E-state index contributed by atoms with van der Waals surface area (Å²) >= 11 is 0. The molecule has 2 unspecified atom stereocenters. The van der Waals surface area contributed by atoms with Crippen LogP contribution in [0.4, 0.5) is 8.78 Å². The Labute approximate surface area is 94.9 Å². The number of halogens is 2. The van der Waals surface area contributed by atoms with Gasteiger partial charge in [0.2, 0.25) is 0 Å². The van der Waals surface area contributed by atoms with Crippen molar-refractivity contribution in [3.05, 3.63) is 18.2 Å². The van der Waals surface area contributed by atoms with Crippen molar-refractivity contribution in [1.82, 2.24) is 14.9 Å². The van der Waals surface area contributed by atoms with Gasteiger partial charge in [-0.05, 0) is 12.8 Å². The maximum Gasteiger partial charge on any atom is 0.319 e. The van der Waals surface area contributed by atoms with Crippen LogP contribution < -0.4 is 5.32 Å². The van der Waals surface area contributed by atoms with Gasteiger partial charge in [0, 0.05) is 18.4 Å². The zero-order chi connectivity index (χ0) is 12.1. The Bertz CT molecular complexity index is 312. The molecule has 0 aliphatic rings. The van der Waals surface area contributed by atoms with Crippen molar-refractivity contribution in [2.24, 2.45) is 5.92 Å². The number of hydrogen-bond acceptors (Lipinski definition) is 2. The fraction of sp³-hybridized carbons (Fsp3) is 0.727. The molecule has 1 heterocycles. The van der Waals surface area contributed by atoms with Crippen LogP contribution in [0.2, 0.25) is 0 Å². The molecule has 0 fully saturated rings. The number of nitrogens with one attached hydrogen (secondary N) is 1. The minimum Gasteiger partial charge on any atom is -0.307 e. The van der Waals surface area contributed by atoms with Crippen molar-refractivity contribution in [3.8, 4) is 0 Å². The summed E-state index contributed by atoms with van der Waals surface area (Å²) in [7, 11) is 0. The van der Waals surface area contributed by atoms with Crippen molar-refractivity contribution in [2.45, 2.75) is 46.3 Å². The maximum atomic E-state index is 12.5. The summed E-state index contributed by atoms with van der Waals surface area (Å²) in [6, 6.07) is 0.299. The highest BCUT2D eigenvalue weighted by molar-refractivity contribution is 4.92. The highest BCUT2D eigenvalue weighted by atomic mass is 19.3. The Hall–Kier alpha value is -0.970. The molecule has 1 N–H and O–H groups in total. The van der Waals surface area contributed by atoms with Gasteiger partial charge >= 0.3 is 6.55 Å². The Morgan fingerprint density at radius 3 is 2.69 bits per heavy atom. The third kappa shape index (κ3) is 3.27. The lowest BCUT2D eigenvalue weighted by molar-refractivity contribution is 0.0664. The topological polar surface area (TPSA) is 29.9 Å². The number of hydrogen-bond donors (Lipinski definition) is 1. The molecule has 0 aliphatic carbocycles. The van der Waals surface area contributed by atoms with Gasteiger partial charge in [0.25, 0.3) is 0 Å². The van der Waals surface area contributed by atoms with Gasteiger partial charge in [0.1, 0.15) is 5.82 Å². The van der Waals surface area contributed by atoms with Crippen molar-refractivity contribution in [2.75, 3.05) is 0 Å². The summed E-state index contributed by atoms with van der Waals surface area (Å²) in [6.07, 6.45) is 3.77. The fourth-order valence-corrected chi connectivity index (χ4v) is 1.47. The molecular formula is C11H19F2N3. The molecule has 5 heteroatoms. The predicted octanol–water partition coefficient (Wildman–Crippen LogP) is 2.80. The number of imidazole rings is 1. The second-order valence-corrected chi connectivity index (χ2v) is 4.08. The molecule has 3 nitrogen and oxygen atoms in total. The lowest BCUT2D eigenvalue weighted by atomic mass is 10.0. The Morgan fingerprint density at radius 2 is 2.12 bits per heavy atom. The smallest absolute Gasteiger partial charge is 0.307 e. The quantitative estimate of drug-likeness (QED) is 0.815. The summed E-state index contributed by atoms with van der Waals surface area (Å²) < 4.78 is 25.9. The summed E-state index contributed by atoms with van der Waals surface area (Å²) in [5.41, 5.74) is 0. The fourth-order valence-electron chi connectivity index (χ4n) is 1.47. The van der Waals surface area contributed by atoms with E-state index < -0.39 is 6.55 Å². The van der Waals surface area contributed by atoms with Gasteiger partial charge in [-0.3, -0.25) is 4.57 Å². The molecule has 16 heavy (non-hydrogen) atoms. The zero-order valence-electron chi connectivity index (χ0n) is 9.95. The van der Waals surface area contributed by atoms with Crippen molar-refractivity contribution in [3.63, 3.8) is 0 Å². The first-order valence-corrected chi connectivity index (χ1v) is 5.59. The van der Waals surface area contributed by atoms with Crippen LogP contribution in [0, 0.1) is 5.92 Å². The van der Waals surface area contributed by atoms with E-state index in [1.807, 2.05) is 0 Å². The molecule has 0 spiro atoms. The van der Waals surface area contributed by atoms with Crippen molar-refractivity contribution >= 4 is 0 Å². The third-order valence-electron chi connectivity index (χ3n) is 3.04. The van der Waals surface area contributed by atoms with Crippen LogP contribution in [0.15, 0.2) is 12.4 Å². The number of nitrogens with zero attached hydrogens (tertiary/aromatic N) is 2. The lowest BCUT2D eigenvalue weighted by Gasteiger charge is -2.19. The SMILES string of the molecule is CCC(C)C(C)NCc1nccn1C(F)F. The third-order valence-corrected chi connectivity index (χ3v) is 3.04. The summed E-state index contributed by atoms with van der Waals surface area (Å²) in [5, 5.41) is 3.21. The van der Waals surface area contributed by atoms with Gasteiger partial charge in [0.05, 0.1) is 6.54 Å². The van der Waals surface area contributed by atoms with E-state index in [0.29, 0.717) is 24.3 Å². The molecule has 1 aromatic heterocycles. The molecule has 0 saturated heterocycles. The summed E-state index contributed by atoms with van der Waals surface area (Å²) in [6.45, 7) is 4.17. The normalized spacial score (nSPS) is 15.4. The summed E-state index contributed by atoms with van der Waals surface area (Å²) in [4.78, 5) is 3.92. The van der Waals surface area contributed by atoms with Crippen LogP contribution in [0.5, 0.6) is 0 Å². The Morgan fingerprint density at radius 1 is 1.44 bits per heavy atom. The minimum atomic E-state index is -2.52. The van der Waals surface area contributed by atoms with E-state index in [-0.39, 0.29) is 0 Å². The van der Waals surface area contributed by atoms with Gasteiger partial charge in [-0.25, -0.2) is 4.98 Å². The first kappa shape index (κ1) is 13.1. The number of rotatable bonds is 6. The van der Waals surface area contributed by atoms with Crippen LogP contribution in [0.1, 0.15) is 39.6 Å². The molecule has 1 aromatic rings. The van der Waals surface area contributed by atoms with Crippen molar-refractivity contribution < 1.29 is 8.78 Å². The predicted molar refractivity (Wildman–Crippen MR) is 59.2 cm³/mol. The monoisotopic (exact) mass is 231 g/mol. The average molecular weight is 231 g/mol. The molecule has 0 bridgehead atoms. The van der Waals surface area contributed by atoms with Gasteiger partial charge in [-0.2, -0.15) is 8.78 Å². The molecule has 0 saturated carbocycles.